The Kier molecular flexibility index (Phi) is 7.88. The fourth-order valence-electron chi connectivity index (χ4n) is 3.18. The Morgan fingerprint density at radius 3 is 2.82 bits per heavy atom. The van der Waals surface area contributed by atoms with Crippen molar-refractivity contribution in [2.45, 2.75) is 12.2 Å². The third-order valence-corrected chi connectivity index (χ3v) is 5.75. The molecule has 1 aliphatic rings. The van der Waals surface area contributed by atoms with E-state index in [0.717, 1.165) is 30.1 Å². The fraction of sp³-hybridized carbons (Fsp3) is 0.429. The molecular formula is C21H27ClN2O3S. The lowest BCUT2D eigenvalue weighted by molar-refractivity contribution is -0.0459. The molecule has 28 heavy (non-hydrogen) atoms. The van der Waals surface area contributed by atoms with Crippen molar-refractivity contribution in [3.05, 3.63) is 59.1 Å². The number of rotatable bonds is 8. The van der Waals surface area contributed by atoms with Gasteiger partial charge < -0.3 is 18.9 Å². The predicted molar refractivity (Wildman–Crippen MR) is 116 cm³/mol. The summed E-state index contributed by atoms with van der Waals surface area (Å²) in [5.74, 6) is 0.760. The van der Waals surface area contributed by atoms with Crippen molar-refractivity contribution >= 4 is 29.2 Å². The minimum Gasteiger partial charge on any atom is -0.491 e. The van der Waals surface area contributed by atoms with E-state index in [9.17, 15) is 5.11 Å². The number of ether oxygens (including phenoxy) is 2. The van der Waals surface area contributed by atoms with Gasteiger partial charge in [-0.3, -0.25) is 4.90 Å². The standard InChI is InChI=1S/C21H27ClN2O3S/c1-23(28-2)18-6-8-20(9-7-18)27-15-19(25)13-24-10-11-26-21(14-24)16-4-3-5-17(22)12-16/h3-9,12,19,21,25H,10-11,13-15H2,1-2H3. The van der Waals surface area contributed by atoms with E-state index in [4.69, 9.17) is 21.1 Å². The topological polar surface area (TPSA) is 45.2 Å². The first-order valence-electron chi connectivity index (χ1n) is 9.33. The highest BCUT2D eigenvalue weighted by atomic mass is 35.5. The second-order valence-electron chi connectivity index (χ2n) is 6.81. The molecule has 1 saturated heterocycles. The molecule has 0 radical (unpaired) electrons. The summed E-state index contributed by atoms with van der Waals surface area (Å²) >= 11 is 7.74. The lowest BCUT2D eigenvalue weighted by Gasteiger charge is -2.34. The molecule has 1 aliphatic heterocycles. The van der Waals surface area contributed by atoms with Crippen LogP contribution in [-0.2, 0) is 4.74 Å². The smallest absolute Gasteiger partial charge is 0.119 e. The normalized spacial score (nSPS) is 18.6. The van der Waals surface area contributed by atoms with Crippen molar-refractivity contribution < 1.29 is 14.6 Å². The van der Waals surface area contributed by atoms with Crippen molar-refractivity contribution in [3.63, 3.8) is 0 Å². The molecule has 3 rings (SSSR count). The lowest BCUT2D eigenvalue weighted by Crippen LogP contribution is -2.43. The van der Waals surface area contributed by atoms with Crippen molar-refractivity contribution in [1.82, 2.24) is 4.90 Å². The summed E-state index contributed by atoms with van der Waals surface area (Å²) in [5, 5.41) is 11.1. The zero-order valence-electron chi connectivity index (χ0n) is 16.3. The Bertz CT molecular complexity index is 747. The summed E-state index contributed by atoms with van der Waals surface area (Å²) in [5.41, 5.74) is 2.18. The molecule has 0 amide bonds. The van der Waals surface area contributed by atoms with E-state index in [-0.39, 0.29) is 12.7 Å². The van der Waals surface area contributed by atoms with E-state index < -0.39 is 6.10 Å². The van der Waals surface area contributed by atoms with Gasteiger partial charge in [0.05, 0.1) is 12.7 Å². The van der Waals surface area contributed by atoms with Crippen LogP contribution in [0.2, 0.25) is 5.02 Å². The van der Waals surface area contributed by atoms with Crippen molar-refractivity contribution in [1.29, 1.82) is 0 Å². The third-order valence-electron chi connectivity index (χ3n) is 4.76. The van der Waals surface area contributed by atoms with Crippen molar-refractivity contribution in [3.8, 4) is 5.75 Å². The molecule has 1 fully saturated rings. The van der Waals surface area contributed by atoms with Gasteiger partial charge in [-0.2, -0.15) is 0 Å². The Hall–Kier alpha value is -1.44. The van der Waals surface area contributed by atoms with E-state index in [1.54, 1.807) is 11.9 Å². The van der Waals surface area contributed by atoms with Crippen LogP contribution >= 0.6 is 23.5 Å². The van der Waals surface area contributed by atoms with Gasteiger partial charge in [-0.25, -0.2) is 0 Å². The van der Waals surface area contributed by atoms with Crippen LogP contribution in [0.1, 0.15) is 11.7 Å². The van der Waals surface area contributed by atoms with Crippen LogP contribution in [0.5, 0.6) is 5.75 Å². The third kappa shape index (κ3) is 6.03. The molecule has 2 aromatic carbocycles. The number of hydrogen-bond donors (Lipinski definition) is 1. The van der Waals surface area contributed by atoms with E-state index >= 15 is 0 Å². The number of benzene rings is 2. The molecule has 152 valence electrons. The minimum atomic E-state index is -0.563. The van der Waals surface area contributed by atoms with Crippen LogP contribution in [0.25, 0.3) is 0 Å². The van der Waals surface area contributed by atoms with Gasteiger partial charge in [0.2, 0.25) is 0 Å². The zero-order chi connectivity index (χ0) is 19.9. The maximum absolute atomic E-state index is 10.4. The number of nitrogens with zero attached hydrogens (tertiary/aromatic N) is 2. The molecule has 0 bridgehead atoms. The van der Waals surface area contributed by atoms with Crippen LogP contribution in [0.4, 0.5) is 5.69 Å². The molecule has 2 atom stereocenters. The number of aliphatic hydroxyl groups excluding tert-OH is 1. The Morgan fingerprint density at radius 2 is 2.11 bits per heavy atom. The van der Waals surface area contributed by atoms with Crippen LogP contribution < -0.4 is 9.04 Å². The summed E-state index contributed by atoms with van der Waals surface area (Å²) in [7, 11) is 2.02. The molecule has 0 aromatic heterocycles. The van der Waals surface area contributed by atoms with E-state index in [2.05, 4.69) is 9.21 Å². The van der Waals surface area contributed by atoms with Gasteiger partial charge in [0.25, 0.3) is 0 Å². The van der Waals surface area contributed by atoms with E-state index in [0.29, 0.717) is 18.2 Å². The number of morpholine rings is 1. The molecule has 2 aromatic rings. The Morgan fingerprint density at radius 1 is 1.32 bits per heavy atom. The van der Waals surface area contributed by atoms with Crippen LogP contribution in [0.3, 0.4) is 0 Å². The molecule has 0 spiro atoms. The van der Waals surface area contributed by atoms with E-state index in [1.165, 1.54) is 0 Å². The molecule has 0 aliphatic carbocycles. The SMILES string of the molecule is CSN(C)c1ccc(OCC(O)CN2CCOC(c3cccc(Cl)c3)C2)cc1. The zero-order valence-corrected chi connectivity index (χ0v) is 17.8. The number of halogens is 1. The molecule has 1 N–H and O–H groups in total. The highest BCUT2D eigenvalue weighted by Crippen LogP contribution is 2.25. The number of hydrogen-bond acceptors (Lipinski definition) is 6. The first-order chi connectivity index (χ1) is 13.5. The second kappa shape index (κ2) is 10.4. The van der Waals surface area contributed by atoms with Crippen molar-refractivity contribution in [2.24, 2.45) is 0 Å². The van der Waals surface area contributed by atoms with Crippen LogP contribution in [0, 0.1) is 0 Å². The fourth-order valence-corrected chi connectivity index (χ4v) is 3.71. The molecule has 0 saturated carbocycles. The average molecular weight is 423 g/mol. The second-order valence-corrected chi connectivity index (χ2v) is 8.16. The predicted octanol–water partition coefficient (Wildman–Crippen LogP) is 3.87. The van der Waals surface area contributed by atoms with Crippen molar-refractivity contribution in [2.75, 3.05) is 50.5 Å². The maximum Gasteiger partial charge on any atom is 0.119 e. The summed E-state index contributed by atoms with van der Waals surface area (Å²) in [6, 6.07) is 15.6. The van der Waals surface area contributed by atoms with E-state index in [1.807, 2.05) is 61.8 Å². The molecular weight excluding hydrogens is 396 g/mol. The molecule has 1 heterocycles. The Labute approximate surface area is 176 Å². The monoisotopic (exact) mass is 422 g/mol. The van der Waals surface area contributed by atoms with Gasteiger partial charge in [0.15, 0.2) is 0 Å². The Balaban J connectivity index is 1.47. The first-order valence-corrected chi connectivity index (χ1v) is 10.9. The van der Waals surface area contributed by atoms with Gasteiger partial charge in [0, 0.05) is 43.6 Å². The van der Waals surface area contributed by atoms with Crippen LogP contribution in [0.15, 0.2) is 48.5 Å². The lowest BCUT2D eigenvalue weighted by atomic mass is 10.1. The van der Waals surface area contributed by atoms with Gasteiger partial charge in [-0.15, -0.1) is 0 Å². The summed E-state index contributed by atoms with van der Waals surface area (Å²) in [4.78, 5) is 2.21. The summed E-state index contributed by atoms with van der Waals surface area (Å²) in [6.07, 6.45) is 1.44. The molecule has 5 nitrogen and oxygen atoms in total. The highest BCUT2D eigenvalue weighted by Gasteiger charge is 2.24. The highest BCUT2D eigenvalue weighted by molar-refractivity contribution is 7.99. The number of β-amino-alcohol motifs (C(OH)–C–C–N with tert-alkyl or cyclic N) is 1. The minimum absolute atomic E-state index is 0.0264. The maximum atomic E-state index is 10.4. The summed E-state index contributed by atoms with van der Waals surface area (Å²) in [6.45, 7) is 2.97. The number of anilines is 1. The van der Waals surface area contributed by atoms with Gasteiger partial charge in [-0.05, 0) is 42.0 Å². The summed E-state index contributed by atoms with van der Waals surface area (Å²) < 4.78 is 13.7. The number of aliphatic hydroxyl groups is 1. The average Bonchev–Trinajstić information content (AvgIpc) is 2.72. The first kappa shape index (κ1) is 21.3. The van der Waals surface area contributed by atoms with Crippen LogP contribution in [-0.4, -0.2) is 62.3 Å². The quantitative estimate of drug-likeness (QED) is 0.651. The van der Waals surface area contributed by atoms with Gasteiger partial charge in [0.1, 0.15) is 18.5 Å². The van der Waals surface area contributed by atoms with Gasteiger partial charge >= 0.3 is 0 Å². The largest absolute Gasteiger partial charge is 0.491 e. The molecule has 2 unspecified atom stereocenters. The van der Waals surface area contributed by atoms with Gasteiger partial charge in [-0.1, -0.05) is 35.7 Å². The molecule has 7 heteroatoms.